The van der Waals surface area contributed by atoms with E-state index in [1.165, 1.54) is 11.1 Å². The highest BCUT2D eigenvalue weighted by molar-refractivity contribution is 6.30. The van der Waals surface area contributed by atoms with Crippen molar-refractivity contribution in [2.75, 3.05) is 13.2 Å². The van der Waals surface area contributed by atoms with Crippen LogP contribution in [0.15, 0.2) is 23.3 Å². The summed E-state index contributed by atoms with van der Waals surface area (Å²) < 4.78 is 12.0. The number of aliphatic imine (C=N–C) groups is 1. The van der Waals surface area contributed by atoms with Gasteiger partial charge in [0.2, 0.25) is 23.6 Å². The van der Waals surface area contributed by atoms with Gasteiger partial charge in [-0.05, 0) is 63.4 Å². The molecule has 3 heterocycles. The zero-order valence-electron chi connectivity index (χ0n) is 32.0. The van der Waals surface area contributed by atoms with E-state index >= 15 is 0 Å². The maximum absolute atomic E-state index is 14.8. The molecule has 1 aromatic rings. The largest absolute Gasteiger partial charge is 0.472 e. The lowest BCUT2D eigenvalue weighted by molar-refractivity contribution is -0.145. The first kappa shape index (κ1) is 40.5. The standard InChI is InChI=1S/C38H58ClN7O7/c1-7-11-26(30(47)34(50)41-24-15-16-24)42-32(48)27-18-25(53-28-17-14-23(39)19-40-28)20-46(27)35(51)31(37(2,3)4)44-33(49)29(22-12-9-8-10-13-22)43-36-45-38(5,6)21-52-36/h14,17,19,22,24-27,29-31,47H,7-13,15-16,18,20-21H2,1-6H3,(H,41,50)(H,42,48)(H,43,45)(H,44,49)/t25-,26+,27+,29+,30?,31-/m1/s1. The van der Waals surface area contributed by atoms with Gasteiger partial charge in [-0.3, -0.25) is 19.2 Å². The summed E-state index contributed by atoms with van der Waals surface area (Å²) in [5.74, 6) is -1.62. The number of aliphatic hydroxyl groups excluding tert-OH is 1. The number of nitrogens with zero attached hydrogens (tertiary/aromatic N) is 3. The van der Waals surface area contributed by atoms with E-state index in [4.69, 9.17) is 26.1 Å². The van der Waals surface area contributed by atoms with Gasteiger partial charge in [0.05, 0.1) is 23.1 Å². The van der Waals surface area contributed by atoms with E-state index in [1.807, 2.05) is 41.5 Å². The Balaban J connectivity index is 1.39. The first-order valence-electron chi connectivity index (χ1n) is 19.2. The fourth-order valence-electron chi connectivity index (χ4n) is 7.25. The molecule has 15 heteroatoms. The van der Waals surface area contributed by atoms with Gasteiger partial charge in [0.1, 0.15) is 30.8 Å². The first-order valence-corrected chi connectivity index (χ1v) is 19.6. The summed E-state index contributed by atoms with van der Waals surface area (Å²) in [6.07, 6.45) is 6.90. The molecular weight excluding hydrogens is 702 g/mol. The minimum absolute atomic E-state index is 0.0184. The number of pyridine rings is 1. The number of ether oxygens (including phenoxy) is 2. The molecule has 0 bridgehead atoms. The fraction of sp³-hybridized carbons (Fsp3) is 0.737. The van der Waals surface area contributed by atoms with Crippen molar-refractivity contribution in [3.05, 3.63) is 23.4 Å². The Labute approximate surface area is 317 Å². The predicted octanol–water partition coefficient (Wildman–Crippen LogP) is 3.24. The van der Waals surface area contributed by atoms with Crippen molar-refractivity contribution < 1.29 is 33.8 Å². The highest BCUT2D eigenvalue weighted by atomic mass is 35.5. The van der Waals surface area contributed by atoms with Gasteiger partial charge in [-0.1, -0.05) is 65.0 Å². The van der Waals surface area contributed by atoms with Gasteiger partial charge >= 0.3 is 0 Å². The van der Waals surface area contributed by atoms with E-state index in [9.17, 15) is 24.3 Å². The molecule has 4 fully saturated rings. The van der Waals surface area contributed by atoms with E-state index in [1.54, 1.807) is 12.1 Å². The Morgan fingerprint density at radius 1 is 1.11 bits per heavy atom. The Morgan fingerprint density at radius 3 is 2.42 bits per heavy atom. The quantitative estimate of drug-likeness (QED) is 0.190. The summed E-state index contributed by atoms with van der Waals surface area (Å²) in [5.41, 5.74) is -1.09. The molecule has 0 radical (unpaired) electrons. The number of halogens is 1. The molecule has 6 atom stereocenters. The van der Waals surface area contributed by atoms with Crippen LogP contribution in [0.2, 0.25) is 5.02 Å². The zero-order chi connectivity index (χ0) is 38.5. The summed E-state index contributed by atoms with van der Waals surface area (Å²) in [7, 11) is 0. The monoisotopic (exact) mass is 759 g/mol. The topological polar surface area (TPSA) is 184 Å². The number of aliphatic hydroxyl groups is 1. The second kappa shape index (κ2) is 17.2. The van der Waals surface area contributed by atoms with E-state index in [-0.39, 0.29) is 42.3 Å². The number of nitrogens with one attached hydrogen (secondary N) is 4. The van der Waals surface area contributed by atoms with Crippen molar-refractivity contribution >= 4 is 41.3 Å². The highest BCUT2D eigenvalue weighted by Crippen LogP contribution is 2.32. The average Bonchev–Trinajstić information content (AvgIpc) is 3.71. The van der Waals surface area contributed by atoms with E-state index in [0.717, 1.165) is 44.9 Å². The number of likely N-dealkylation sites (tertiary alicyclic amines) is 1. The van der Waals surface area contributed by atoms with Crippen molar-refractivity contribution in [2.45, 2.75) is 154 Å². The number of amides is 4. The van der Waals surface area contributed by atoms with Crippen LogP contribution in [-0.4, -0.2) is 106 Å². The summed E-state index contributed by atoms with van der Waals surface area (Å²) in [6.45, 7) is 11.9. The SMILES string of the molecule is CCC[C@H](NC(=O)[C@@H]1C[C@@H](Oc2ccc(Cl)cn2)CN1C(=O)[C@@H](NC(=O)[C@@H](N=C1NC(C)(C)CO1)C1CCCCC1)C(C)(C)C)C(O)C(=O)NC1CC1. The van der Waals surface area contributed by atoms with Crippen LogP contribution >= 0.6 is 11.6 Å². The molecule has 2 saturated carbocycles. The van der Waals surface area contributed by atoms with Crippen molar-refractivity contribution in [3.63, 3.8) is 0 Å². The maximum atomic E-state index is 14.8. The number of aromatic nitrogens is 1. The van der Waals surface area contributed by atoms with Crippen molar-refractivity contribution in [2.24, 2.45) is 16.3 Å². The second-order valence-electron chi connectivity index (χ2n) is 16.8. The molecule has 4 aliphatic rings. The minimum Gasteiger partial charge on any atom is -0.472 e. The highest BCUT2D eigenvalue weighted by Gasteiger charge is 2.47. The third-order valence-electron chi connectivity index (χ3n) is 10.4. The van der Waals surface area contributed by atoms with E-state index in [2.05, 4.69) is 26.3 Å². The first-order chi connectivity index (χ1) is 25.0. The lowest BCUT2D eigenvalue weighted by atomic mass is 9.82. The molecule has 2 saturated heterocycles. The smallest absolute Gasteiger partial charge is 0.286 e. The summed E-state index contributed by atoms with van der Waals surface area (Å²) >= 11 is 6.04. The van der Waals surface area contributed by atoms with Gasteiger partial charge in [0.25, 0.3) is 11.9 Å². The average molecular weight is 760 g/mol. The lowest BCUT2D eigenvalue weighted by Crippen LogP contribution is -2.60. The molecule has 14 nitrogen and oxygen atoms in total. The number of amidine groups is 1. The van der Waals surface area contributed by atoms with Crippen molar-refractivity contribution in [1.82, 2.24) is 31.2 Å². The molecule has 5 rings (SSSR count). The second-order valence-corrected chi connectivity index (χ2v) is 17.2. The van der Waals surface area contributed by atoms with Crippen molar-refractivity contribution in [3.8, 4) is 5.88 Å². The summed E-state index contributed by atoms with van der Waals surface area (Å²) in [6, 6.07) is -0.0752. The predicted molar refractivity (Wildman–Crippen MR) is 200 cm³/mol. The Hall–Kier alpha value is -3.65. The molecule has 53 heavy (non-hydrogen) atoms. The molecule has 1 unspecified atom stereocenters. The molecule has 0 spiro atoms. The Kier molecular flexibility index (Phi) is 13.2. The number of hydrogen-bond acceptors (Lipinski definition) is 9. The Bertz CT molecular complexity index is 1490. The number of rotatable bonds is 14. The van der Waals surface area contributed by atoms with Crippen LogP contribution in [0.4, 0.5) is 0 Å². The fourth-order valence-corrected chi connectivity index (χ4v) is 7.36. The molecule has 294 valence electrons. The number of carbonyl (C=O) groups excluding carboxylic acids is 4. The minimum atomic E-state index is -1.46. The summed E-state index contributed by atoms with van der Waals surface area (Å²) in [4.78, 5) is 66.5. The van der Waals surface area contributed by atoms with Gasteiger partial charge in [-0.15, -0.1) is 0 Å². The van der Waals surface area contributed by atoms with E-state index < -0.39 is 59.5 Å². The lowest BCUT2D eigenvalue weighted by Gasteiger charge is -2.37. The van der Waals surface area contributed by atoms with Gasteiger partial charge in [0, 0.05) is 24.7 Å². The van der Waals surface area contributed by atoms with Crippen LogP contribution in [0.25, 0.3) is 0 Å². The van der Waals surface area contributed by atoms with Gasteiger partial charge < -0.3 is 40.7 Å². The van der Waals surface area contributed by atoms with Gasteiger partial charge in [-0.2, -0.15) is 0 Å². The van der Waals surface area contributed by atoms with Gasteiger partial charge in [0.15, 0.2) is 6.10 Å². The van der Waals surface area contributed by atoms with E-state index in [0.29, 0.717) is 30.5 Å². The molecule has 0 aromatic carbocycles. The number of carbonyl (C=O) groups is 4. The Morgan fingerprint density at radius 2 is 1.83 bits per heavy atom. The van der Waals surface area contributed by atoms with Crippen LogP contribution in [0.1, 0.15) is 106 Å². The molecular formula is C38H58ClN7O7. The zero-order valence-corrected chi connectivity index (χ0v) is 32.7. The molecule has 1 aromatic heterocycles. The maximum Gasteiger partial charge on any atom is 0.286 e. The van der Waals surface area contributed by atoms with Crippen LogP contribution < -0.4 is 26.0 Å². The molecule has 4 amide bonds. The van der Waals surface area contributed by atoms with Crippen LogP contribution in [0, 0.1) is 11.3 Å². The summed E-state index contributed by atoms with van der Waals surface area (Å²) in [5, 5.41) is 23.4. The van der Waals surface area contributed by atoms with Crippen LogP contribution in [0.3, 0.4) is 0 Å². The molecule has 2 aliphatic carbocycles. The third kappa shape index (κ3) is 11.0. The van der Waals surface area contributed by atoms with Crippen LogP contribution in [-0.2, 0) is 23.9 Å². The van der Waals surface area contributed by atoms with Crippen LogP contribution in [0.5, 0.6) is 5.88 Å². The van der Waals surface area contributed by atoms with Crippen molar-refractivity contribution in [1.29, 1.82) is 0 Å². The molecule has 2 aliphatic heterocycles. The normalized spacial score (nSPS) is 24.7. The number of hydrogen-bond donors (Lipinski definition) is 5. The van der Waals surface area contributed by atoms with Gasteiger partial charge in [-0.25, -0.2) is 9.98 Å². The third-order valence-corrected chi connectivity index (χ3v) is 10.6. The molecule has 5 N–H and O–H groups in total.